The van der Waals surface area contributed by atoms with E-state index in [4.69, 9.17) is 16.3 Å². The third-order valence-electron chi connectivity index (χ3n) is 5.95. The van der Waals surface area contributed by atoms with Crippen LogP contribution in [0.2, 0.25) is 5.02 Å². The summed E-state index contributed by atoms with van der Waals surface area (Å²) in [5, 5.41) is 6.37. The molecule has 2 amide bonds. The third-order valence-corrected chi connectivity index (χ3v) is 6.28. The number of halogens is 1. The summed E-state index contributed by atoms with van der Waals surface area (Å²) in [5.74, 6) is 0.821. The molecule has 172 valence electrons. The van der Waals surface area contributed by atoms with Crippen molar-refractivity contribution in [2.24, 2.45) is 0 Å². The van der Waals surface area contributed by atoms with Crippen LogP contribution in [0.5, 0.6) is 5.75 Å². The van der Waals surface area contributed by atoms with E-state index in [0.29, 0.717) is 17.3 Å². The standard InChI is InChI=1S/C26H29ClN4O2/c1-33-25-14-8-5-11-21(25)24(19-28-26(32)29-23-13-7-6-12-22(23)27)31-17-15-30(16-18-31)20-9-3-2-4-10-20/h2-14,24H,15-19H2,1H3,(H2,28,29,32). The molecule has 3 aromatic carbocycles. The average Bonchev–Trinajstić information content (AvgIpc) is 2.87. The molecule has 3 aromatic rings. The van der Waals surface area contributed by atoms with Crippen LogP contribution in [0, 0.1) is 0 Å². The molecule has 7 heteroatoms. The summed E-state index contributed by atoms with van der Waals surface area (Å²) in [5.41, 5.74) is 2.89. The topological polar surface area (TPSA) is 56.8 Å². The first kappa shape index (κ1) is 23.0. The van der Waals surface area contributed by atoms with Crippen molar-refractivity contribution in [2.75, 3.05) is 50.1 Å². The van der Waals surface area contributed by atoms with E-state index in [0.717, 1.165) is 37.5 Å². The zero-order valence-corrected chi connectivity index (χ0v) is 19.5. The molecule has 0 radical (unpaired) electrons. The summed E-state index contributed by atoms with van der Waals surface area (Å²) in [6, 6.07) is 25.4. The lowest BCUT2D eigenvalue weighted by Crippen LogP contribution is -2.50. The number of anilines is 2. The predicted octanol–water partition coefficient (Wildman–Crippen LogP) is 5.03. The highest BCUT2D eigenvalue weighted by Gasteiger charge is 2.27. The highest BCUT2D eigenvalue weighted by atomic mass is 35.5. The number of nitrogens with zero attached hydrogens (tertiary/aromatic N) is 2. The first-order chi connectivity index (χ1) is 16.2. The third kappa shape index (κ3) is 5.78. The van der Waals surface area contributed by atoms with Crippen LogP contribution in [-0.4, -0.2) is 50.8 Å². The molecule has 1 aliphatic heterocycles. The van der Waals surface area contributed by atoms with Gasteiger partial charge in [-0.05, 0) is 30.3 Å². The Kier molecular flexibility index (Phi) is 7.70. The lowest BCUT2D eigenvalue weighted by molar-refractivity contribution is 0.179. The summed E-state index contributed by atoms with van der Waals surface area (Å²) in [7, 11) is 1.68. The van der Waals surface area contributed by atoms with Crippen molar-refractivity contribution in [2.45, 2.75) is 6.04 Å². The molecule has 2 N–H and O–H groups in total. The van der Waals surface area contributed by atoms with Crippen LogP contribution in [0.3, 0.4) is 0 Å². The molecule has 1 aliphatic rings. The van der Waals surface area contributed by atoms with Gasteiger partial charge in [-0.15, -0.1) is 0 Å². The second-order valence-electron chi connectivity index (χ2n) is 7.93. The number of hydrogen-bond donors (Lipinski definition) is 2. The molecule has 1 atom stereocenters. The molecule has 6 nitrogen and oxygen atoms in total. The molecule has 0 saturated carbocycles. The van der Waals surface area contributed by atoms with Crippen LogP contribution in [0.1, 0.15) is 11.6 Å². The molecule has 33 heavy (non-hydrogen) atoms. The van der Waals surface area contributed by atoms with Crippen molar-refractivity contribution in [1.82, 2.24) is 10.2 Å². The number of benzene rings is 3. The molecule has 1 unspecified atom stereocenters. The van der Waals surface area contributed by atoms with Gasteiger partial charge in [0.25, 0.3) is 0 Å². The lowest BCUT2D eigenvalue weighted by Gasteiger charge is -2.40. The van der Waals surface area contributed by atoms with Gasteiger partial charge in [0.1, 0.15) is 5.75 Å². The molecular formula is C26H29ClN4O2. The number of methoxy groups -OCH3 is 1. The normalized spacial score (nSPS) is 15.0. The molecule has 4 rings (SSSR count). The Hall–Kier alpha value is -3.22. The number of nitrogens with one attached hydrogen (secondary N) is 2. The highest BCUT2D eigenvalue weighted by molar-refractivity contribution is 6.33. The second kappa shape index (κ2) is 11.1. The van der Waals surface area contributed by atoms with Gasteiger partial charge in [-0.25, -0.2) is 4.79 Å². The zero-order valence-electron chi connectivity index (χ0n) is 18.7. The van der Waals surface area contributed by atoms with E-state index in [1.54, 1.807) is 19.2 Å². The van der Waals surface area contributed by atoms with Gasteiger partial charge in [0.2, 0.25) is 0 Å². The Morgan fingerprint density at radius 3 is 2.33 bits per heavy atom. The average molecular weight is 465 g/mol. The number of urea groups is 1. The maximum Gasteiger partial charge on any atom is 0.319 e. The van der Waals surface area contributed by atoms with E-state index in [1.807, 2.05) is 36.4 Å². The van der Waals surface area contributed by atoms with Gasteiger partial charge in [-0.2, -0.15) is 0 Å². The fourth-order valence-electron chi connectivity index (χ4n) is 4.23. The number of carbonyl (C=O) groups is 1. The summed E-state index contributed by atoms with van der Waals surface area (Å²) in [6.07, 6.45) is 0. The number of amides is 2. The number of piperazine rings is 1. The molecule has 0 aliphatic carbocycles. The van der Waals surface area contributed by atoms with Crippen LogP contribution in [-0.2, 0) is 0 Å². The van der Waals surface area contributed by atoms with E-state index in [9.17, 15) is 4.79 Å². The van der Waals surface area contributed by atoms with E-state index in [2.05, 4.69) is 50.8 Å². The monoisotopic (exact) mass is 464 g/mol. The van der Waals surface area contributed by atoms with Crippen molar-refractivity contribution in [1.29, 1.82) is 0 Å². The van der Waals surface area contributed by atoms with Crippen LogP contribution in [0.4, 0.5) is 16.2 Å². The van der Waals surface area contributed by atoms with Crippen LogP contribution < -0.4 is 20.3 Å². The fourth-order valence-corrected chi connectivity index (χ4v) is 4.41. The largest absolute Gasteiger partial charge is 0.496 e. The molecule has 0 aromatic heterocycles. The maximum absolute atomic E-state index is 12.6. The Bertz CT molecular complexity index is 1050. The van der Waals surface area contributed by atoms with Gasteiger partial charge in [0.05, 0.1) is 23.9 Å². The van der Waals surface area contributed by atoms with Gasteiger partial charge in [-0.3, -0.25) is 4.90 Å². The quantitative estimate of drug-likeness (QED) is 0.514. The van der Waals surface area contributed by atoms with Crippen molar-refractivity contribution >= 4 is 29.0 Å². The summed E-state index contributed by atoms with van der Waals surface area (Å²) in [6.45, 7) is 4.04. The van der Waals surface area contributed by atoms with Crippen LogP contribution >= 0.6 is 11.6 Å². The van der Waals surface area contributed by atoms with E-state index in [-0.39, 0.29) is 12.1 Å². The molecule has 0 bridgehead atoms. The van der Waals surface area contributed by atoms with Gasteiger partial charge >= 0.3 is 6.03 Å². The number of para-hydroxylation sites is 3. The summed E-state index contributed by atoms with van der Waals surface area (Å²) < 4.78 is 5.64. The maximum atomic E-state index is 12.6. The minimum atomic E-state index is -0.286. The predicted molar refractivity (Wildman–Crippen MR) is 134 cm³/mol. The van der Waals surface area contributed by atoms with Gasteiger partial charge in [0, 0.05) is 44.0 Å². The number of ether oxygens (including phenoxy) is 1. The number of hydrogen-bond acceptors (Lipinski definition) is 4. The molecule has 1 saturated heterocycles. The van der Waals surface area contributed by atoms with Crippen molar-refractivity contribution in [3.05, 3.63) is 89.4 Å². The molecule has 0 spiro atoms. The van der Waals surface area contributed by atoms with Crippen molar-refractivity contribution in [3.63, 3.8) is 0 Å². The van der Waals surface area contributed by atoms with Gasteiger partial charge < -0.3 is 20.3 Å². The molecular weight excluding hydrogens is 436 g/mol. The van der Waals surface area contributed by atoms with Crippen molar-refractivity contribution < 1.29 is 9.53 Å². The van der Waals surface area contributed by atoms with Crippen molar-refractivity contribution in [3.8, 4) is 5.75 Å². The Labute approximate surface area is 200 Å². The SMILES string of the molecule is COc1ccccc1C(CNC(=O)Nc1ccccc1Cl)N1CCN(c2ccccc2)CC1. The molecule has 1 heterocycles. The lowest BCUT2D eigenvalue weighted by atomic mass is 10.0. The summed E-state index contributed by atoms with van der Waals surface area (Å²) in [4.78, 5) is 17.4. The Morgan fingerprint density at radius 2 is 1.61 bits per heavy atom. The number of rotatable bonds is 7. The minimum absolute atomic E-state index is 0.0175. The zero-order chi connectivity index (χ0) is 23.0. The van der Waals surface area contributed by atoms with E-state index < -0.39 is 0 Å². The molecule has 1 fully saturated rings. The Balaban J connectivity index is 1.46. The number of carbonyl (C=O) groups excluding carboxylic acids is 1. The van der Waals surface area contributed by atoms with Gasteiger partial charge in [-0.1, -0.05) is 60.1 Å². The first-order valence-electron chi connectivity index (χ1n) is 11.1. The smallest absolute Gasteiger partial charge is 0.319 e. The van der Waals surface area contributed by atoms with Crippen LogP contribution in [0.25, 0.3) is 0 Å². The van der Waals surface area contributed by atoms with E-state index in [1.165, 1.54) is 5.69 Å². The second-order valence-corrected chi connectivity index (χ2v) is 8.34. The minimum Gasteiger partial charge on any atom is -0.496 e. The first-order valence-corrected chi connectivity index (χ1v) is 11.5. The fraction of sp³-hybridized carbons (Fsp3) is 0.269. The van der Waals surface area contributed by atoms with Crippen LogP contribution in [0.15, 0.2) is 78.9 Å². The van der Waals surface area contributed by atoms with Gasteiger partial charge in [0.15, 0.2) is 0 Å². The Morgan fingerprint density at radius 1 is 0.939 bits per heavy atom. The summed E-state index contributed by atoms with van der Waals surface area (Å²) >= 11 is 6.18. The highest BCUT2D eigenvalue weighted by Crippen LogP contribution is 2.30. The van der Waals surface area contributed by atoms with E-state index >= 15 is 0 Å².